The van der Waals surface area contributed by atoms with Crippen LogP contribution < -0.4 is 0 Å². The first-order valence-corrected chi connectivity index (χ1v) is 5.30. The van der Waals surface area contributed by atoms with Gasteiger partial charge in [0, 0.05) is 5.92 Å². The highest BCUT2D eigenvalue weighted by atomic mass is 35.5. The first-order chi connectivity index (χ1) is 6.46. The van der Waals surface area contributed by atoms with E-state index in [4.69, 9.17) is 16.7 Å². The number of hydrogen-bond acceptors (Lipinski definition) is 2. The average Bonchev–Trinajstić information content (AvgIpc) is 2.17. The fourth-order valence-electron chi connectivity index (χ4n) is 1.85. The maximum Gasteiger partial charge on any atom is 0.332 e. The van der Waals surface area contributed by atoms with Gasteiger partial charge in [0.15, 0.2) is 10.7 Å². The lowest BCUT2D eigenvalue weighted by molar-refractivity contribution is -0.145. The molecule has 1 fully saturated rings. The molecule has 1 rings (SSSR count). The van der Waals surface area contributed by atoms with Crippen molar-refractivity contribution in [3.63, 3.8) is 0 Å². The molecule has 0 heterocycles. The van der Waals surface area contributed by atoms with Crippen molar-refractivity contribution in [2.45, 2.75) is 43.9 Å². The van der Waals surface area contributed by atoms with Crippen LogP contribution in [0.1, 0.15) is 39.0 Å². The van der Waals surface area contributed by atoms with Crippen LogP contribution in [-0.4, -0.2) is 21.7 Å². The zero-order valence-electron chi connectivity index (χ0n) is 8.25. The molecule has 80 valence electrons. The first-order valence-electron chi connectivity index (χ1n) is 4.93. The van der Waals surface area contributed by atoms with Gasteiger partial charge in [-0.05, 0) is 19.8 Å². The van der Waals surface area contributed by atoms with Crippen molar-refractivity contribution in [2.24, 2.45) is 5.92 Å². The van der Waals surface area contributed by atoms with Crippen molar-refractivity contribution in [3.05, 3.63) is 0 Å². The molecule has 1 aliphatic carbocycles. The molecule has 1 unspecified atom stereocenters. The number of ketones is 1. The zero-order chi connectivity index (χ0) is 10.8. The van der Waals surface area contributed by atoms with Gasteiger partial charge in [0.25, 0.3) is 0 Å². The molecule has 0 aromatic heterocycles. The number of halogens is 1. The maximum absolute atomic E-state index is 11.7. The van der Waals surface area contributed by atoms with E-state index >= 15 is 0 Å². The molecule has 3 nitrogen and oxygen atoms in total. The van der Waals surface area contributed by atoms with Gasteiger partial charge in [-0.15, -0.1) is 0 Å². The van der Waals surface area contributed by atoms with E-state index in [-0.39, 0.29) is 11.7 Å². The second-order valence-electron chi connectivity index (χ2n) is 4.01. The van der Waals surface area contributed by atoms with Gasteiger partial charge in [0.1, 0.15) is 0 Å². The molecule has 0 amide bonds. The number of carbonyl (C=O) groups is 2. The number of Topliss-reactive ketones (excluding diaryl/α,β-unsaturated/α-hetero) is 1. The van der Waals surface area contributed by atoms with E-state index in [1.54, 1.807) is 0 Å². The third kappa shape index (κ3) is 2.27. The molecule has 0 saturated heterocycles. The van der Waals surface area contributed by atoms with Crippen LogP contribution in [0, 0.1) is 5.92 Å². The van der Waals surface area contributed by atoms with Crippen LogP contribution in [0.25, 0.3) is 0 Å². The fraction of sp³-hybridized carbons (Fsp3) is 0.800. The quantitative estimate of drug-likeness (QED) is 0.584. The molecule has 1 aliphatic rings. The summed E-state index contributed by atoms with van der Waals surface area (Å²) in [4.78, 5) is 20.8. The van der Waals surface area contributed by atoms with Crippen molar-refractivity contribution in [1.29, 1.82) is 0 Å². The highest BCUT2D eigenvalue weighted by Gasteiger charge is 2.42. The largest absolute Gasteiger partial charge is 0.480 e. The van der Waals surface area contributed by atoms with Crippen LogP contribution in [0.2, 0.25) is 0 Å². The molecule has 0 bridgehead atoms. The topological polar surface area (TPSA) is 54.4 Å². The van der Waals surface area contributed by atoms with Crippen LogP contribution in [0.4, 0.5) is 0 Å². The zero-order valence-corrected chi connectivity index (χ0v) is 9.01. The Bertz CT molecular complexity index is 242. The Labute approximate surface area is 88.4 Å². The van der Waals surface area contributed by atoms with Crippen molar-refractivity contribution in [1.82, 2.24) is 0 Å². The minimum Gasteiger partial charge on any atom is -0.480 e. The summed E-state index contributed by atoms with van der Waals surface area (Å²) >= 11 is 5.71. The van der Waals surface area contributed by atoms with Crippen molar-refractivity contribution in [2.75, 3.05) is 0 Å². The number of carbonyl (C=O) groups excluding carboxylic acids is 1. The Balaban J connectivity index is 2.67. The third-order valence-corrected chi connectivity index (χ3v) is 3.19. The smallest absolute Gasteiger partial charge is 0.332 e. The number of aliphatic carboxylic acids is 1. The van der Waals surface area contributed by atoms with Crippen LogP contribution in [0.15, 0.2) is 0 Å². The molecule has 4 heteroatoms. The van der Waals surface area contributed by atoms with E-state index in [1.165, 1.54) is 6.92 Å². The van der Waals surface area contributed by atoms with Crippen molar-refractivity contribution >= 4 is 23.4 Å². The molecule has 0 radical (unpaired) electrons. The van der Waals surface area contributed by atoms with Gasteiger partial charge in [-0.1, -0.05) is 30.9 Å². The number of carboxylic acids is 1. The molecule has 0 spiro atoms. The second kappa shape index (κ2) is 4.30. The standard InChI is InChI=1S/C10H15ClO3/c1-10(11,9(13)14)8(12)7-5-3-2-4-6-7/h7H,2-6H2,1H3,(H,13,14). The summed E-state index contributed by atoms with van der Waals surface area (Å²) in [6.07, 6.45) is 4.71. The van der Waals surface area contributed by atoms with E-state index in [9.17, 15) is 9.59 Å². The molecule has 0 aromatic carbocycles. The lowest BCUT2D eigenvalue weighted by Crippen LogP contribution is -2.42. The molecule has 1 N–H and O–H groups in total. The summed E-state index contributed by atoms with van der Waals surface area (Å²) in [5, 5.41) is 8.79. The minimum absolute atomic E-state index is 0.151. The summed E-state index contributed by atoms with van der Waals surface area (Å²) < 4.78 is 0. The van der Waals surface area contributed by atoms with Gasteiger partial charge in [-0.3, -0.25) is 4.79 Å². The first kappa shape index (κ1) is 11.5. The van der Waals surface area contributed by atoms with Gasteiger partial charge in [0.2, 0.25) is 0 Å². The van der Waals surface area contributed by atoms with E-state index in [0.717, 1.165) is 32.1 Å². The van der Waals surface area contributed by atoms with E-state index < -0.39 is 10.8 Å². The monoisotopic (exact) mass is 218 g/mol. The Morgan fingerprint density at radius 3 is 2.21 bits per heavy atom. The molecule has 1 atom stereocenters. The summed E-state index contributed by atoms with van der Waals surface area (Å²) in [6.45, 7) is 1.27. The summed E-state index contributed by atoms with van der Waals surface area (Å²) in [6, 6.07) is 0. The fourth-order valence-corrected chi connectivity index (χ4v) is 2.01. The molecule has 0 aliphatic heterocycles. The molecule has 1 saturated carbocycles. The normalized spacial score (nSPS) is 22.7. The minimum atomic E-state index is -1.73. The Hall–Kier alpha value is -0.570. The van der Waals surface area contributed by atoms with Gasteiger partial charge in [-0.25, -0.2) is 4.79 Å². The van der Waals surface area contributed by atoms with Gasteiger partial charge in [-0.2, -0.15) is 0 Å². The number of alkyl halides is 1. The van der Waals surface area contributed by atoms with Crippen LogP contribution in [-0.2, 0) is 9.59 Å². The van der Waals surface area contributed by atoms with Crippen molar-refractivity contribution < 1.29 is 14.7 Å². The van der Waals surface area contributed by atoms with Crippen LogP contribution >= 0.6 is 11.6 Å². The highest BCUT2D eigenvalue weighted by molar-refractivity contribution is 6.45. The number of hydrogen-bond donors (Lipinski definition) is 1. The molecule has 0 aromatic rings. The Kier molecular flexibility index (Phi) is 3.53. The summed E-state index contributed by atoms with van der Waals surface area (Å²) in [5.41, 5.74) is 0. The van der Waals surface area contributed by atoms with Gasteiger partial charge >= 0.3 is 5.97 Å². The lowest BCUT2D eigenvalue weighted by atomic mass is 9.82. The Morgan fingerprint density at radius 2 is 1.79 bits per heavy atom. The number of rotatable bonds is 3. The van der Waals surface area contributed by atoms with Crippen molar-refractivity contribution in [3.8, 4) is 0 Å². The van der Waals surface area contributed by atoms with Gasteiger partial charge in [0.05, 0.1) is 0 Å². The van der Waals surface area contributed by atoms with Crippen LogP contribution in [0.5, 0.6) is 0 Å². The van der Waals surface area contributed by atoms with Crippen LogP contribution in [0.3, 0.4) is 0 Å². The predicted octanol–water partition coefficient (Wildman–Crippen LogP) is 2.22. The highest BCUT2D eigenvalue weighted by Crippen LogP contribution is 2.30. The molecular weight excluding hydrogens is 204 g/mol. The lowest BCUT2D eigenvalue weighted by Gasteiger charge is -2.25. The van der Waals surface area contributed by atoms with E-state index in [2.05, 4.69) is 0 Å². The van der Waals surface area contributed by atoms with E-state index in [0.29, 0.717) is 0 Å². The molecular formula is C10H15ClO3. The molecule has 14 heavy (non-hydrogen) atoms. The maximum atomic E-state index is 11.7. The summed E-state index contributed by atoms with van der Waals surface area (Å²) in [7, 11) is 0. The Morgan fingerprint density at radius 1 is 1.29 bits per heavy atom. The number of carboxylic acid groups (broad SMARTS) is 1. The third-order valence-electron chi connectivity index (χ3n) is 2.84. The predicted molar refractivity (Wildman–Crippen MR) is 53.5 cm³/mol. The van der Waals surface area contributed by atoms with Gasteiger partial charge < -0.3 is 5.11 Å². The SMILES string of the molecule is CC(Cl)(C(=O)O)C(=O)C1CCCCC1. The average molecular weight is 219 g/mol. The summed E-state index contributed by atoms with van der Waals surface area (Å²) in [5.74, 6) is -1.72. The second-order valence-corrected chi connectivity index (χ2v) is 4.76. The van der Waals surface area contributed by atoms with E-state index in [1.807, 2.05) is 0 Å².